The minimum atomic E-state index is 0.306. The average Bonchev–Trinajstić information content (AvgIpc) is 2.95. The first-order valence-corrected chi connectivity index (χ1v) is 8.88. The Hall–Kier alpha value is -2.14. The van der Waals surface area contributed by atoms with Crippen molar-refractivity contribution in [1.29, 1.82) is 0 Å². The molecular formula is C19H30ClN5. The highest BCUT2D eigenvalue weighted by Crippen LogP contribution is 2.27. The largest absolute Gasteiger partial charge is 0.385 e. The second kappa shape index (κ2) is 9.99. The number of rotatable bonds is 9. The van der Waals surface area contributed by atoms with Crippen LogP contribution in [0, 0.1) is 0 Å². The lowest BCUT2D eigenvalue weighted by Gasteiger charge is -2.25. The fourth-order valence-electron chi connectivity index (χ4n) is 2.52. The molecule has 0 saturated heterocycles. The predicted molar refractivity (Wildman–Crippen MR) is 109 cm³/mol. The van der Waals surface area contributed by atoms with E-state index in [2.05, 4.69) is 23.3 Å². The molecule has 0 bridgehead atoms. The predicted octanol–water partition coefficient (Wildman–Crippen LogP) is 3.29. The summed E-state index contributed by atoms with van der Waals surface area (Å²) in [7, 11) is 2.01. The van der Waals surface area contributed by atoms with Crippen molar-refractivity contribution >= 4 is 17.3 Å². The molecule has 1 aliphatic heterocycles. The normalized spacial score (nSPS) is 14.8. The maximum atomic E-state index is 5.85. The Labute approximate surface area is 156 Å². The van der Waals surface area contributed by atoms with Crippen LogP contribution < -0.4 is 11.5 Å². The molecule has 0 amide bonds. The summed E-state index contributed by atoms with van der Waals surface area (Å²) in [6.45, 7) is 11.5. The summed E-state index contributed by atoms with van der Waals surface area (Å²) >= 11 is 5.75. The van der Waals surface area contributed by atoms with E-state index in [1.165, 1.54) is 0 Å². The standard InChI is InChI=1S/C19H30ClN5/c1-6-25(7-2)13-24(5)12-17(14(3)19(21)22)18-11-16(9-8-10-20)15(4)23-18/h6,8-9,12H,1,7,10-11,13,21-22H2,2-5H3/b9-8-,17-12+. The highest BCUT2D eigenvalue weighted by molar-refractivity contribution is 6.19. The summed E-state index contributed by atoms with van der Waals surface area (Å²) in [4.78, 5) is 8.91. The van der Waals surface area contributed by atoms with Gasteiger partial charge in [-0.15, -0.1) is 11.6 Å². The number of alkyl halides is 1. The first-order valence-electron chi connectivity index (χ1n) is 8.35. The van der Waals surface area contributed by atoms with Crippen molar-refractivity contribution in [2.45, 2.75) is 27.2 Å². The molecule has 0 unspecified atom stereocenters. The van der Waals surface area contributed by atoms with Gasteiger partial charge in [0.15, 0.2) is 0 Å². The third-order valence-electron chi connectivity index (χ3n) is 4.10. The molecule has 4 N–H and O–H groups in total. The monoisotopic (exact) mass is 363 g/mol. The quantitative estimate of drug-likeness (QED) is 0.374. The summed E-state index contributed by atoms with van der Waals surface area (Å²) in [5.74, 6) is 0.793. The highest BCUT2D eigenvalue weighted by Gasteiger charge is 2.19. The molecule has 0 aliphatic carbocycles. The Bertz CT molecular complexity index is 636. The van der Waals surface area contributed by atoms with Crippen LogP contribution in [0.25, 0.3) is 0 Å². The molecular weight excluding hydrogens is 334 g/mol. The molecule has 6 heteroatoms. The third-order valence-corrected chi connectivity index (χ3v) is 4.28. The molecule has 5 nitrogen and oxygen atoms in total. The summed E-state index contributed by atoms with van der Waals surface area (Å²) in [6.07, 6.45) is 8.57. The van der Waals surface area contributed by atoms with E-state index in [4.69, 9.17) is 28.1 Å². The van der Waals surface area contributed by atoms with Crippen molar-refractivity contribution in [2.75, 3.05) is 26.1 Å². The van der Waals surface area contributed by atoms with Gasteiger partial charge < -0.3 is 21.3 Å². The van der Waals surface area contributed by atoms with Crippen molar-refractivity contribution in [1.82, 2.24) is 9.80 Å². The second-order valence-electron chi connectivity index (χ2n) is 6.01. The topological polar surface area (TPSA) is 70.9 Å². The van der Waals surface area contributed by atoms with Gasteiger partial charge in [-0.1, -0.05) is 18.7 Å². The molecule has 0 aromatic heterocycles. The van der Waals surface area contributed by atoms with E-state index >= 15 is 0 Å². The van der Waals surface area contributed by atoms with Gasteiger partial charge in [0.1, 0.15) is 0 Å². The number of nitrogens with two attached hydrogens (primary N) is 2. The maximum Gasteiger partial charge on any atom is 0.0971 e. The Morgan fingerprint density at radius 3 is 2.60 bits per heavy atom. The van der Waals surface area contributed by atoms with Gasteiger partial charge in [-0.25, -0.2) is 0 Å². The van der Waals surface area contributed by atoms with Crippen LogP contribution in [-0.4, -0.2) is 41.7 Å². The van der Waals surface area contributed by atoms with Crippen LogP contribution >= 0.6 is 11.6 Å². The number of aliphatic imine (C=N–C) groups is 1. The Morgan fingerprint density at radius 1 is 1.40 bits per heavy atom. The molecule has 0 fully saturated rings. The third kappa shape index (κ3) is 6.02. The van der Waals surface area contributed by atoms with Gasteiger partial charge in [-0.2, -0.15) is 0 Å². The van der Waals surface area contributed by atoms with E-state index in [9.17, 15) is 0 Å². The highest BCUT2D eigenvalue weighted by atomic mass is 35.5. The average molecular weight is 364 g/mol. The molecule has 25 heavy (non-hydrogen) atoms. The molecule has 0 spiro atoms. The van der Waals surface area contributed by atoms with Crippen molar-refractivity contribution in [3.05, 3.63) is 59.4 Å². The molecule has 0 atom stereocenters. The SMILES string of the molecule is C=CN(CC)CN(C)/C=C(/C1=NC(C)=C(/C=C\CCl)C1)C(C)=C(N)N. The molecule has 0 aromatic rings. The number of allylic oxidation sites excluding steroid dienone is 6. The van der Waals surface area contributed by atoms with Crippen LogP contribution in [0.3, 0.4) is 0 Å². The molecule has 0 saturated carbocycles. The van der Waals surface area contributed by atoms with Crippen molar-refractivity contribution in [3.63, 3.8) is 0 Å². The minimum Gasteiger partial charge on any atom is -0.385 e. The first kappa shape index (κ1) is 20.9. The number of nitrogens with zero attached hydrogens (tertiary/aromatic N) is 3. The van der Waals surface area contributed by atoms with Crippen molar-refractivity contribution in [3.8, 4) is 0 Å². The number of halogens is 1. The molecule has 1 heterocycles. The summed E-state index contributed by atoms with van der Waals surface area (Å²) in [5.41, 5.74) is 16.6. The first-order chi connectivity index (χ1) is 11.8. The lowest BCUT2D eigenvalue weighted by molar-refractivity contribution is 0.264. The van der Waals surface area contributed by atoms with E-state index in [-0.39, 0.29) is 0 Å². The van der Waals surface area contributed by atoms with Gasteiger partial charge in [0.2, 0.25) is 0 Å². The zero-order valence-electron chi connectivity index (χ0n) is 15.7. The molecule has 0 aromatic carbocycles. The van der Waals surface area contributed by atoms with Crippen LogP contribution in [-0.2, 0) is 0 Å². The van der Waals surface area contributed by atoms with Gasteiger partial charge in [-0.3, -0.25) is 4.99 Å². The Balaban J connectivity index is 3.11. The van der Waals surface area contributed by atoms with Gasteiger partial charge in [0, 0.05) is 43.4 Å². The van der Waals surface area contributed by atoms with Crippen LogP contribution in [0.5, 0.6) is 0 Å². The van der Waals surface area contributed by atoms with Crippen LogP contribution in [0.1, 0.15) is 27.2 Å². The van der Waals surface area contributed by atoms with E-state index in [0.717, 1.165) is 47.8 Å². The van der Waals surface area contributed by atoms with Crippen LogP contribution in [0.15, 0.2) is 64.4 Å². The van der Waals surface area contributed by atoms with Gasteiger partial charge in [0.25, 0.3) is 0 Å². The fourth-order valence-corrected chi connectivity index (χ4v) is 2.61. The Morgan fingerprint density at radius 2 is 2.08 bits per heavy atom. The minimum absolute atomic E-state index is 0.306. The maximum absolute atomic E-state index is 5.85. The van der Waals surface area contributed by atoms with Gasteiger partial charge >= 0.3 is 0 Å². The van der Waals surface area contributed by atoms with Crippen molar-refractivity contribution < 1.29 is 0 Å². The lowest BCUT2D eigenvalue weighted by Crippen LogP contribution is -2.29. The smallest absolute Gasteiger partial charge is 0.0971 e. The zero-order chi connectivity index (χ0) is 19.0. The van der Waals surface area contributed by atoms with E-state index in [0.29, 0.717) is 11.7 Å². The summed E-state index contributed by atoms with van der Waals surface area (Å²) < 4.78 is 0. The fraction of sp³-hybridized carbons (Fsp3) is 0.421. The molecule has 138 valence electrons. The van der Waals surface area contributed by atoms with E-state index in [1.807, 2.05) is 45.4 Å². The molecule has 1 rings (SSSR count). The molecule has 1 aliphatic rings. The zero-order valence-corrected chi connectivity index (χ0v) is 16.5. The summed E-state index contributed by atoms with van der Waals surface area (Å²) in [5, 5.41) is 0. The number of hydrogen-bond acceptors (Lipinski definition) is 5. The van der Waals surface area contributed by atoms with Crippen LogP contribution in [0.2, 0.25) is 0 Å². The van der Waals surface area contributed by atoms with Crippen LogP contribution in [0.4, 0.5) is 0 Å². The molecule has 0 radical (unpaired) electrons. The van der Waals surface area contributed by atoms with E-state index in [1.54, 1.807) is 0 Å². The van der Waals surface area contributed by atoms with E-state index < -0.39 is 0 Å². The summed E-state index contributed by atoms with van der Waals surface area (Å²) in [6, 6.07) is 0. The number of hydrogen-bond donors (Lipinski definition) is 2. The van der Waals surface area contributed by atoms with Gasteiger partial charge in [0.05, 0.1) is 18.2 Å². The van der Waals surface area contributed by atoms with Crippen molar-refractivity contribution in [2.24, 2.45) is 16.5 Å². The Kier molecular flexibility index (Phi) is 8.35. The second-order valence-corrected chi connectivity index (χ2v) is 6.32. The lowest BCUT2D eigenvalue weighted by atomic mass is 9.98. The van der Waals surface area contributed by atoms with Gasteiger partial charge in [-0.05, 0) is 38.1 Å².